The van der Waals surface area contributed by atoms with Crippen LogP contribution in [0.2, 0.25) is 10.0 Å². The van der Waals surface area contributed by atoms with Gasteiger partial charge in [0.15, 0.2) is 0 Å². The first-order chi connectivity index (χ1) is 9.84. The quantitative estimate of drug-likeness (QED) is 0.882. The molecule has 2 rings (SSSR count). The van der Waals surface area contributed by atoms with Crippen molar-refractivity contribution < 1.29 is 18.3 Å². The van der Waals surface area contributed by atoms with E-state index in [1.807, 2.05) is 0 Å². The lowest BCUT2D eigenvalue weighted by molar-refractivity contribution is -0.137. The molecule has 0 aliphatic carbocycles. The summed E-state index contributed by atoms with van der Waals surface area (Å²) in [5.41, 5.74) is 0. The molecule has 0 aromatic heterocycles. The Bertz CT molecular complexity index is 651. The Labute approximate surface area is 137 Å². The number of carboxylic acids is 1. The number of thioether (sulfide) groups is 1. The monoisotopic (exact) mass is 369 g/mol. The van der Waals surface area contributed by atoms with E-state index in [0.717, 1.165) is 0 Å². The van der Waals surface area contributed by atoms with E-state index in [2.05, 4.69) is 0 Å². The minimum Gasteiger partial charge on any atom is -0.481 e. The molecule has 0 saturated carbocycles. The summed E-state index contributed by atoms with van der Waals surface area (Å²) in [5, 5.41) is 9.06. The molecule has 9 heteroatoms. The van der Waals surface area contributed by atoms with Crippen LogP contribution in [-0.4, -0.2) is 47.9 Å². The Kier molecular flexibility index (Phi) is 5.43. The van der Waals surface area contributed by atoms with Gasteiger partial charge in [0.2, 0.25) is 10.0 Å². The van der Waals surface area contributed by atoms with Gasteiger partial charge in [-0.05, 0) is 12.1 Å². The number of rotatable bonds is 4. The van der Waals surface area contributed by atoms with Crippen LogP contribution in [0.25, 0.3) is 0 Å². The van der Waals surface area contributed by atoms with Gasteiger partial charge in [0.25, 0.3) is 0 Å². The van der Waals surface area contributed by atoms with E-state index >= 15 is 0 Å². The van der Waals surface area contributed by atoms with E-state index < -0.39 is 22.0 Å². The van der Waals surface area contributed by atoms with Crippen LogP contribution in [0, 0.1) is 0 Å². The van der Waals surface area contributed by atoms with Gasteiger partial charge >= 0.3 is 5.97 Å². The number of carbonyl (C=O) groups is 1. The summed E-state index contributed by atoms with van der Waals surface area (Å²) in [7, 11) is -3.87. The topological polar surface area (TPSA) is 74.7 Å². The predicted molar refractivity (Wildman–Crippen MR) is 83.7 cm³/mol. The first-order valence-corrected chi connectivity index (χ1v) is 9.44. The van der Waals surface area contributed by atoms with E-state index in [-0.39, 0.29) is 27.9 Å². The average Bonchev–Trinajstić information content (AvgIpc) is 2.41. The average molecular weight is 370 g/mol. The van der Waals surface area contributed by atoms with Crippen molar-refractivity contribution >= 4 is 51.0 Å². The molecule has 1 heterocycles. The van der Waals surface area contributed by atoms with E-state index in [9.17, 15) is 13.2 Å². The third-order valence-corrected chi connectivity index (χ3v) is 7.10. The Morgan fingerprint density at radius 3 is 2.81 bits per heavy atom. The summed E-state index contributed by atoms with van der Waals surface area (Å²) < 4.78 is 26.7. The fourth-order valence-electron chi connectivity index (χ4n) is 2.13. The summed E-state index contributed by atoms with van der Waals surface area (Å²) in [4.78, 5) is 10.8. The summed E-state index contributed by atoms with van der Waals surface area (Å²) >= 11 is 13.4. The van der Waals surface area contributed by atoms with Crippen LogP contribution in [0.5, 0.6) is 0 Å². The van der Waals surface area contributed by atoms with Gasteiger partial charge in [-0.2, -0.15) is 16.1 Å². The third kappa shape index (κ3) is 3.65. The molecule has 1 unspecified atom stereocenters. The molecular formula is C12H13Cl2NO4S2. The highest BCUT2D eigenvalue weighted by molar-refractivity contribution is 7.99. The summed E-state index contributed by atoms with van der Waals surface area (Å²) in [6.45, 7) is 0.258. The van der Waals surface area contributed by atoms with E-state index in [4.69, 9.17) is 28.3 Å². The fourth-order valence-corrected chi connectivity index (χ4v) is 5.76. The zero-order valence-corrected chi connectivity index (χ0v) is 14.0. The molecule has 1 aliphatic rings. The molecule has 1 N–H and O–H groups in total. The van der Waals surface area contributed by atoms with Crippen molar-refractivity contribution in [2.45, 2.75) is 17.4 Å². The second kappa shape index (κ2) is 6.75. The molecular weight excluding hydrogens is 357 g/mol. The molecule has 0 bridgehead atoms. The number of carboxylic acid groups (broad SMARTS) is 1. The molecule has 1 aliphatic heterocycles. The van der Waals surface area contributed by atoms with Crippen molar-refractivity contribution in [2.75, 3.05) is 18.1 Å². The van der Waals surface area contributed by atoms with Crippen molar-refractivity contribution in [3.05, 3.63) is 28.2 Å². The van der Waals surface area contributed by atoms with Crippen LogP contribution >= 0.6 is 35.0 Å². The molecule has 5 nitrogen and oxygen atoms in total. The maximum Gasteiger partial charge on any atom is 0.305 e. The van der Waals surface area contributed by atoms with Gasteiger partial charge in [-0.3, -0.25) is 4.79 Å². The zero-order chi connectivity index (χ0) is 15.6. The molecule has 21 heavy (non-hydrogen) atoms. The second-order valence-corrected chi connectivity index (χ2v) is 8.29. The van der Waals surface area contributed by atoms with Crippen LogP contribution in [-0.2, 0) is 14.8 Å². The molecule has 1 atom stereocenters. The van der Waals surface area contributed by atoms with Crippen LogP contribution in [0.15, 0.2) is 23.1 Å². The van der Waals surface area contributed by atoms with Crippen molar-refractivity contribution in [1.29, 1.82) is 0 Å². The Morgan fingerprint density at radius 2 is 2.14 bits per heavy atom. The molecule has 0 spiro atoms. The first kappa shape index (κ1) is 16.9. The lowest BCUT2D eigenvalue weighted by Crippen LogP contribution is -2.47. The minimum atomic E-state index is -3.87. The summed E-state index contributed by atoms with van der Waals surface area (Å²) in [6, 6.07) is 3.81. The standard InChI is InChI=1S/C12H13Cl2NO4S2/c13-9-2-1-3-10(12(9)14)21(18,19)15-4-5-20-7-8(15)6-11(16)17/h1-3,8H,4-7H2,(H,16,17). The van der Waals surface area contributed by atoms with Gasteiger partial charge in [0.05, 0.1) is 16.5 Å². The number of aliphatic carboxylic acids is 1. The van der Waals surface area contributed by atoms with Gasteiger partial charge in [0.1, 0.15) is 4.90 Å². The lowest BCUT2D eigenvalue weighted by Gasteiger charge is -2.33. The van der Waals surface area contributed by atoms with Gasteiger partial charge in [-0.1, -0.05) is 29.3 Å². The molecule has 0 amide bonds. The molecule has 1 saturated heterocycles. The summed E-state index contributed by atoms with van der Waals surface area (Å²) in [6.07, 6.45) is -0.232. The SMILES string of the molecule is O=C(O)CC1CSCCN1S(=O)(=O)c1cccc(Cl)c1Cl. The van der Waals surface area contributed by atoms with Crippen molar-refractivity contribution in [3.63, 3.8) is 0 Å². The number of halogens is 2. The molecule has 1 aromatic rings. The lowest BCUT2D eigenvalue weighted by atomic mass is 10.2. The highest BCUT2D eigenvalue weighted by Crippen LogP contribution is 2.33. The first-order valence-electron chi connectivity index (χ1n) is 6.09. The highest BCUT2D eigenvalue weighted by Gasteiger charge is 2.36. The van der Waals surface area contributed by atoms with E-state index in [1.165, 1.54) is 34.3 Å². The van der Waals surface area contributed by atoms with Gasteiger partial charge < -0.3 is 5.11 Å². The maximum absolute atomic E-state index is 12.7. The van der Waals surface area contributed by atoms with Crippen LogP contribution in [0.1, 0.15) is 6.42 Å². The molecule has 116 valence electrons. The van der Waals surface area contributed by atoms with Crippen LogP contribution < -0.4 is 0 Å². The van der Waals surface area contributed by atoms with Crippen LogP contribution in [0.4, 0.5) is 0 Å². The Balaban J connectivity index is 2.40. The third-order valence-electron chi connectivity index (χ3n) is 3.09. The fraction of sp³-hybridized carbons (Fsp3) is 0.417. The molecule has 1 aromatic carbocycles. The minimum absolute atomic E-state index is 0.0357. The number of benzene rings is 1. The molecule has 1 fully saturated rings. The van der Waals surface area contributed by atoms with Crippen molar-refractivity contribution in [2.24, 2.45) is 0 Å². The van der Waals surface area contributed by atoms with Crippen molar-refractivity contribution in [1.82, 2.24) is 4.31 Å². The maximum atomic E-state index is 12.7. The van der Waals surface area contributed by atoms with Crippen molar-refractivity contribution in [3.8, 4) is 0 Å². The van der Waals surface area contributed by atoms with Gasteiger partial charge in [-0.25, -0.2) is 8.42 Å². The van der Waals surface area contributed by atoms with Gasteiger partial charge in [0, 0.05) is 24.1 Å². The second-order valence-electron chi connectivity index (χ2n) is 4.49. The normalized spacial score (nSPS) is 20.4. The summed E-state index contributed by atoms with van der Waals surface area (Å²) in [5.74, 6) is 0.0388. The van der Waals surface area contributed by atoms with E-state index in [0.29, 0.717) is 11.5 Å². The van der Waals surface area contributed by atoms with Crippen LogP contribution in [0.3, 0.4) is 0 Å². The predicted octanol–water partition coefficient (Wildman–Crippen LogP) is 2.57. The number of hydrogen-bond donors (Lipinski definition) is 1. The molecule has 0 radical (unpaired) electrons. The number of nitrogens with zero attached hydrogens (tertiary/aromatic N) is 1. The number of sulfonamides is 1. The zero-order valence-electron chi connectivity index (χ0n) is 10.8. The largest absolute Gasteiger partial charge is 0.481 e. The Morgan fingerprint density at radius 1 is 1.43 bits per heavy atom. The number of hydrogen-bond acceptors (Lipinski definition) is 4. The van der Waals surface area contributed by atoms with E-state index in [1.54, 1.807) is 0 Å². The Hall–Kier alpha value is -0.470. The van der Waals surface area contributed by atoms with Gasteiger partial charge in [-0.15, -0.1) is 0 Å². The smallest absolute Gasteiger partial charge is 0.305 e. The highest BCUT2D eigenvalue weighted by atomic mass is 35.5.